The highest BCUT2D eigenvalue weighted by Crippen LogP contribution is 2.27. The Morgan fingerprint density at radius 1 is 0.906 bits per heavy atom. The summed E-state index contributed by atoms with van der Waals surface area (Å²) >= 11 is 0. The van der Waals surface area contributed by atoms with Crippen LogP contribution < -0.4 is 4.74 Å². The van der Waals surface area contributed by atoms with Crippen molar-refractivity contribution in [2.75, 3.05) is 26.4 Å². The standard InChI is InChI=1S/C28H32FNO2/c1-21(2)24-10-11-28-26(18-24)17-22-6-5-7-23(16-22)19-30(12-13-31-14-15-32-28)20-25-8-3-4-9-27(25)29/h3-11,16,18,21H,12-15,17,19-20H2,1-2H3. The molecule has 168 valence electrons. The Balaban J connectivity index is 1.60. The molecule has 3 nitrogen and oxygen atoms in total. The van der Waals surface area contributed by atoms with E-state index in [9.17, 15) is 4.39 Å². The number of nitrogens with zero attached hydrogens (tertiary/aromatic N) is 1. The van der Waals surface area contributed by atoms with E-state index in [1.54, 1.807) is 6.07 Å². The zero-order valence-electron chi connectivity index (χ0n) is 19.0. The number of hydrogen-bond acceptors (Lipinski definition) is 3. The first-order valence-corrected chi connectivity index (χ1v) is 11.5. The third-order valence-corrected chi connectivity index (χ3v) is 5.93. The summed E-state index contributed by atoms with van der Waals surface area (Å²) in [4.78, 5) is 2.25. The van der Waals surface area contributed by atoms with Crippen LogP contribution in [0, 0.1) is 5.82 Å². The highest BCUT2D eigenvalue weighted by molar-refractivity contribution is 5.42. The van der Waals surface area contributed by atoms with Crippen molar-refractivity contribution in [1.29, 1.82) is 0 Å². The monoisotopic (exact) mass is 433 g/mol. The summed E-state index contributed by atoms with van der Waals surface area (Å²) in [5.41, 5.74) is 5.71. The second kappa shape index (κ2) is 10.8. The van der Waals surface area contributed by atoms with Crippen LogP contribution in [0.2, 0.25) is 0 Å². The van der Waals surface area contributed by atoms with Crippen LogP contribution >= 0.6 is 0 Å². The van der Waals surface area contributed by atoms with Gasteiger partial charge >= 0.3 is 0 Å². The van der Waals surface area contributed by atoms with E-state index in [-0.39, 0.29) is 5.82 Å². The quantitative estimate of drug-likeness (QED) is 0.509. The molecule has 0 saturated heterocycles. The minimum atomic E-state index is -0.160. The van der Waals surface area contributed by atoms with Gasteiger partial charge in [0.25, 0.3) is 0 Å². The number of benzene rings is 3. The molecule has 0 N–H and O–H groups in total. The lowest BCUT2D eigenvalue weighted by Crippen LogP contribution is -2.28. The van der Waals surface area contributed by atoms with Gasteiger partial charge in [0.1, 0.15) is 18.2 Å². The van der Waals surface area contributed by atoms with Gasteiger partial charge in [-0.3, -0.25) is 4.90 Å². The van der Waals surface area contributed by atoms with Gasteiger partial charge in [0.2, 0.25) is 0 Å². The van der Waals surface area contributed by atoms with Crippen molar-refractivity contribution >= 4 is 0 Å². The highest BCUT2D eigenvalue weighted by Gasteiger charge is 2.13. The van der Waals surface area contributed by atoms with Crippen LogP contribution in [0.25, 0.3) is 0 Å². The molecule has 3 aromatic carbocycles. The maximum Gasteiger partial charge on any atom is 0.127 e. The highest BCUT2D eigenvalue weighted by atomic mass is 19.1. The minimum Gasteiger partial charge on any atom is -0.491 e. The van der Waals surface area contributed by atoms with E-state index < -0.39 is 0 Å². The van der Waals surface area contributed by atoms with Crippen LogP contribution in [0.4, 0.5) is 4.39 Å². The SMILES string of the molecule is CC(C)c1ccc2c(c1)Cc1cccc(c1)CN(Cc1ccccc1F)CCOCCO2. The smallest absolute Gasteiger partial charge is 0.127 e. The molecule has 0 aliphatic carbocycles. The molecular formula is C28H32FNO2. The molecule has 4 heteroatoms. The van der Waals surface area contributed by atoms with Gasteiger partial charge in [-0.1, -0.05) is 68.4 Å². The Morgan fingerprint density at radius 3 is 2.59 bits per heavy atom. The average Bonchev–Trinajstić information content (AvgIpc) is 2.78. The van der Waals surface area contributed by atoms with Crippen LogP contribution in [0.5, 0.6) is 5.75 Å². The zero-order chi connectivity index (χ0) is 22.3. The van der Waals surface area contributed by atoms with Gasteiger partial charge in [0, 0.05) is 31.6 Å². The predicted octanol–water partition coefficient (Wildman–Crippen LogP) is 5.95. The molecule has 2 bridgehead atoms. The topological polar surface area (TPSA) is 21.7 Å². The third kappa shape index (κ3) is 5.96. The van der Waals surface area contributed by atoms with E-state index in [1.807, 2.05) is 12.1 Å². The Morgan fingerprint density at radius 2 is 1.75 bits per heavy atom. The molecule has 0 radical (unpaired) electrons. The van der Waals surface area contributed by atoms with Crippen molar-refractivity contribution in [3.8, 4) is 5.75 Å². The Kier molecular flexibility index (Phi) is 7.56. The Bertz CT molecular complexity index is 1030. The number of halogens is 1. The Labute approximate surface area is 190 Å². The molecule has 1 aliphatic heterocycles. The largest absolute Gasteiger partial charge is 0.491 e. The number of ether oxygens (including phenoxy) is 2. The molecule has 0 fully saturated rings. The van der Waals surface area contributed by atoms with Gasteiger partial charge in [-0.25, -0.2) is 4.39 Å². The van der Waals surface area contributed by atoms with Crippen molar-refractivity contribution in [3.05, 3.63) is 100 Å². The fraction of sp³-hybridized carbons (Fsp3) is 0.357. The molecule has 1 aliphatic rings. The second-order valence-corrected chi connectivity index (χ2v) is 8.78. The second-order valence-electron chi connectivity index (χ2n) is 8.78. The lowest BCUT2D eigenvalue weighted by molar-refractivity contribution is 0.0755. The molecule has 3 aromatic rings. The summed E-state index contributed by atoms with van der Waals surface area (Å²) < 4.78 is 26.2. The van der Waals surface area contributed by atoms with Gasteiger partial charge in [-0.05, 0) is 40.3 Å². The van der Waals surface area contributed by atoms with E-state index in [0.29, 0.717) is 37.8 Å². The molecule has 1 heterocycles. The lowest BCUT2D eigenvalue weighted by Gasteiger charge is -2.24. The number of hydrogen-bond donors (Lipinski definition) is 0. The number of fused-ring (bicyclic) bond motifs is 3. The van der Waals surface area contributed by atoms with E-state index in [0.717, 1.165) is 25.3 Å². The third-order valence-electron chi connectivity index (χ3n) is 5.93. The number of rotatable bonds is 3. The Hall–Kier alpha value is -2.69. The molecule has 32 heavy (non-hydrogen) atoms. The first-order valence-electron chi connectivity index (χ1n) is 11.5. The molecular weight excluding hydrogens is 401 g/mol. The van der Waals surface area contributed by atoms with Crippen LogP contribution in [0.1, 0.15) is 47.6 Å². The van der Waals surface area contributed by atoms with Crippen LogP contribution in [0.3, 0.4) is 0 Å². The molecule has 0 atom stereocenters. The van der Waals surface area contributed by atoms with Crippen molar-refractivity contribution in [2.45, 2.75) is 39.3 Å². The van der Waals surface area contributed by atoms with Gasteiger partial charge in [-0.2, -0.15) is 0 Å². The fourth-order valence-electron chi connectivity index (χ4n) is 4.14. The van der Waals surface area contributed by atoms with Crippen molar-refractivity contribution < 1.29 is 13.9 Å². The van der Waals surface area contributed by atoms with Crippen LogP contribution in [0.15, 0.2) is 66.7 Å². The molecule has 0 aromatic heterocycles. The van der Waals surface area contributed by atoms with Gasteiger partial charge in [0.15, 0.2) is 0 Å². The van der Waals surface area contributed by atoms with E-state index >= 15 is 0 Å². The maximum absolute atomic E-state index is 14.3. The summed E-state index contributed by atoms with van der Waals surface area (Å²) in [5.74, 6) is 1.24. The zero-order valence-corrected chi connectivity index (χ0v) is 19.0. The molecule has 0 spiro atoms. The first-order chi connectivity index (χ1) is 15.6. The van der Waals surface area contributed by atoms with Gasteiger partial charge in [-0.15, -0.1) is 0 Å². The minimum absolute atomic E-state index is 0.160. The molecule has 0 saturated carbocycles. The van der Waals surface area contributed by atoms with Crippen LogP contribution in [-0.2, 0) is 24.2 Å². The lowest BCUT2D eigenvalue weighted by atomic mass is 9.96. The van der Waals surface area contributed by atoms with Crippen molar-refractivity contribution in [3.63, 3.8) is 0 Å². The normalized spacial score (nSPS) is 15.6. The fourth-order valence-corrected chi connectivity index (χ4v) is 4.14. The van der Waals surface area contributed by atoms with E-state index in [1.165, 1.54) is 28.3 Å². The predicted molar refractivity (Wildman–Crippen MR) is 127 cm³/mol. The summed E-state index contributed by atoms with van der Waals surface area (Å²) in [6.45, 7) is 8.09. The summed E-state index contributed by atoms with van der Waals surface area (Å²) in [6.07, 6.45) is 0.817. The maximum atomic E-state index is 14.3. The van der Waals surface area contributed by atoms with Gasteiger partial charge in [0.05, 0.1) is 13.2 Å². The molecule has 0 unspecified atom stereocenters. The van der Waals surface area contributed by atoms with Gasteiger partial charge < -0.3 is 9.47 Å². The summed E-state index contributed by atoms with van der Waals surface area (Å²) in [5, 5.41) is 0. The summed E-state index contributed by atoms with van der Waals surface area (Å²) in [7, 11) is 0. The van der Waals surface area contributed by atoms with E-state index in [4.69, 9.17) is 9.47 Å². The van der Waals surface area contributed by atoms with Crippen LogP contribution in [-0.4, -0.2) is 31.3 Å². The molecule has 4 rings (SSSR count). The summed E-state index contributed by atoms with van der Waals surface area (Å²) in [6, 6.07) is 22.2. The molecule has 0 amide bonds. The van der Waals surface area contributed by atoms with Crippen molar-refractivity contribution in [1.82, 2.24) is 4.90 Å². The average molecular weight is 434 g/mol. The van der Waals surface area contributed by atoms with Crippen molar-refractivity contribution in [2.24, 2.45) is 0 Å². The first kappa shape index (κ1) is 22.5. The van der Waals surface area contributed by atoms with E-state index in [2.05, 4.69) is 61.2 Å².